The van der Waals surface area contributed by atoms with Crippen molar-refractivity contribution in [1.82, 2.24) is 0 Å². The van der Waals surface area contributed by atoms with E-state index in [1.807, 2.05) is 12.1 Å². The van der Waals surface area contributed by atoms with Crippen molar-refractivity contribution in [3.63, 3.8) is 0 Å². The highest BCUT2D eigenvalue weighted by molar-refractivity contribution is 5.87. The van der Waals surface area contributed by atoms with E-state index >= 15 is 0 Å². The van der Waals surface area contributed by atoms with Gasteiger partial charge in [0.05, 0.1) is 34.9 Å². The standard InChI is InChI=1S/C20H23NO4.BrH/c1-21(2)8-7-12-10-15(25-4)20(23)18-16(12)13(21)9-11-5-6-14(24-3)19(22)17(11)18;/h5-6,10,13H,7-9H2,1-4H3,(H-,22,23);1H. The molecule has 1 atom stereocenters. The summed E-state index contributed by atoms with van der Waals surface area (Å²) < 4.78 is 11.6. The summed E-state index contributed by atoms with van der Waals surface area (Å²) in [7, 11) is 7.55. The van der Waals surface area contributed by atoms with Crippen molar-refractivity contribution >= 4 is 0 Å². The van der Waals surface area contributed by atoms with Gasteiger partial charge in [-0.25, -0.2) is 0 Å². The molecule has 0 radical (unpaired) electrons. The molecule has 0 fully saturated rings. The summed E-state index contributed by atoms with van der Waals surface area (Å²) in [6.45, 7) is 1.03. The zero-order valence-corrected chi connectivity index (χ0v) is 17.1. The molecule has 0 aromatic heterocycles. The average molecular weight is 422 g/mol. The first kappa shape index (κ1) is 18.9. The molecule has 0 amide bonds. The molecule has 4 rings (SSSR count). The number of nitrogens with zero attached hydrogens (tertiary/aromatic N) is 1. The van der Waals surface area contributed by atoms with Crippen molar-refractivity contribution in [1.29, 1.82) is 0 Å². The molecule has 0 saturated heterocycles. The van der Waals surface area contributed by atoms with Gasteiger partial charge in [-0.3, -0.25) is 0 Å². The number of aromatic hydroxyl groups is 2. The first-order chi connectivity index (χ1) is 11.9. The number of phenolic OH excluding ortho intramolecular Hbond substituents is 2. The maximum absolute atomic E-state index is 10.9. The molecule has 1 heterocycles. The summed E-state index contributed by atoms with van der Waals surface area (Å²) in [5.74, 6) is 1.05. The van der Waals surface area contributed by atoms with Crippen LogP contribution in [0.15, 0.2) is 18.2 Å². The van der Waals surface area contributed by atoms with Gasteiger partial charge in [0.25, 0.3) is 0 Å². The number of benzene rings is 2. The Morgan fingerprint density at radius 3 is 2.27 bits per heavy atom. The molecule has 2 N–H and O–H groups in total. The molecular formula is C20H24BrNO4. The predicted octanol–water partition coefficient (Wildman–Crippen LogP) is 0.0157. The number of phenols is 2. The Labute approximate surface area is 164 Å². The third kappa shape index (κ3) is 2.47. The molecule has 2 aromatic rings. The first-order valence-corrected chi connectivity index (χ1v) is 8.53. The van der Waals surface area contributed by atoms with Gasteiger partial charge in [0, 0.05) is 29.5 Å². The minimum atomic E-state index is 0. The van der Waals surface area contributed by atoms with Gasteiger partial charge in [-0.05, 0) is 23.3 Å². The summed E-state index contributed by atoms with van der Waals surface area (Å²) in [5.41, 5.74) is 4.72. The molecule has 2 aromatic carbocycles. The third-order valence-electron chi connectivity index (χ3n) is 5.86. The largest absolute Gasteiger partial charge is 1.00 e. The second-order valence-corrected chi connectivity index (χ2v) is 7.50. The minimum Gasteiger partial charge on any atom is -1.00 e. The monoisotopic (exact) mass is 421 g/mol. The number of fused-ring (bicyclic) bond motifs is 2. The molecule has 6 heteroatoms. The first-order valence-electron chi connectivity index (χ1n) is 8.53. The molecule has 0 spiro atoms. The molecule has 140 valence electrons. The molecule has 26 heavy (non-hydrogen) atoms. The summed E-state index contributed by atoms with van der Waals surface area (Å²) in [4.78, 5) is 0. The molecule has 1 aliphatic carbocycles. The van der Waals surface area contributed by atoms with E-state index in [4.69, 9.17) is 9.47 Å². The lowest BCUT2D eigenvalue weighted by Gasteiger charge is -2.46. The van der Waals surface area contributed by atoms with Crippen molar-refractivity contribution in [2.24, 2.45) is 0 Å². The number of likely N-dealkylation sites (N-methyl/N-ethyl adjacent to an activating group) is 1. The Bertz CT molecular complexity index is 879. The van der Waals surface area contributed by atoms with E-state index in [-0.39, 0.29) is 34.5 Å². The van der Waals surface area contributed by atoms with E-state index in [2.05, 4.69) is 14.1 Å². The van der Waals surface area contributed by atoms with Gasteiger partial charge in [0.2, 0.25) is 0 Å². The summed E-state index contributed by atoms with van der Waals surface area (Å²) in [5, 5.41) is 21.7. The van der Waals surface area contributed by atoms with Crippen LogP contribution in [0.2, 0.25) is 0 Å². The van der Waals surface area contributed by atoms with E-state index in [0.717, 1.165) is 35.0 Å². The molecule has 0 bridgehead atoms. The number of halogens is 1. The smallest absolute Gasteiger partial charge is 0.166 e. The highest BCUT2D eigenvalue weighted by atomic mass is 79.9. The summed E-state index contributed by atoms with van der Waals surface area (Å²) in [6.07, 6.45) is 1.74. The lowest BCUT2D eigenvalue weighted by atomic mass is 9.75. The fraction of sp³-hybridized carbons (Fsp3) is 0.400. The second-order valence-electron chi connectivity index (χ2n) is 7.50. The zero-order chi connectivity index (χ0) is 17.9. The van der Waals surface area contributed by atoms with Gasteiger partial charge in [-0.15, -0.1) is 0 Å². The third-order valence-corrected chi connectivity index (χ3v) is 5.86. The Morgan fingerprint density at radius 1 is 0.962 bits per heavy atom. The molecule has 2 aliphatic rings. The lowest BCUT2D eigenvalue weighted by Crippen LogP contribution is -3.00. The number of hydrogen-bond acceptors (Lipinski definition) is 4. The fourth-order valence-corrected chi connectivity index (χ4v) is 4.41. The van der Waals surface area contributed by atoms with Crippen LogP contribution in [0.4, 0.5) is 0 Å². The highest BCUT2D eigenvalue weighted by Crippen LogP contribution is 2.56. The van der Waals surface area contributed by atoms with Crippen molar-refractivity contribution in [3.8, 4) is 34.1 Å². The predicted molar refractivity (Wildman–Crippen MR) is 95.4 cm³/mol. The van der Waals surface area contributed by atoms with E-state index in [9.17, 15) is 10.2 Å². The fourth-order valence-electron chi connectivity index (χ4n) is 4.41. The van der Waals surface area contributed by atoms with Crippen LogP contribution >= 0.6 is 0 Å². The van der Waals surface area contributed by atoms with Gasteiger partial charge in [-0.2, -0.15) is 0 Å². The van der Waals surface area contributed by atoms with E-state index in [0.29, 0.717) is 22.6 Å². The Kier molecular flexibility index (Phi) is 4.61. The van der Waals surface area contributed by atoms with Gasteiger partial charge in [0.15, 0.2) is 23.0 Å². The highest BCUT2D eigenvalue weighted by Gasteiger charge is 2.44. The van der Waals surface area contributed by atoms with E-state index in [1.165, 1.54) is 12.7 Å². The minimum absolute atomic E-state index is 0. The van der Waals surface area contributed by atoms with Gasteiger partial charge in [-0.1, -0.05) is 6.07 Å². The molecule has 0 saturated carbocycles. The summed E-state index contributed by atoms with van der Waals surface area (Å²) >= 11 is 0. The van der Waals surface area contributed by atoms with Crippen molar-refractivity contribution < 1.29 is 41.2 Å². The van der Waals surface area contributed by atoms with Gasteiger partial charge in [0.1, 0.15) is 6.04 Å². The number of ether oxygens (including phenoxy) is 2. The SMILES string of the molecule is COc1ccc2c(c1O)-c1c(O)c(OC)cc3c1C(C2)[N+](C)(C)CC3.[Br-]. The van der Waals surface area contributed by atoms with Crippen LogP contribution in [0.1, 0.15) is 22.7 Å². The lowest BCUT2D eigenvalue weighted by molar-refractivity contribution is -0.923. The molecular weight excluding hydrogens is 398 g/mol. The van der Waals surface area contributed by atoms with Crippen molar-refractivity contribution in [2.45, 2.75) is 18.9 Å². The van der Waals surface area contributed by atoms with Crippen molar-refractivity contribution in [3.05, 3.63) is 34.9 Å². The maximum atomic E-state index is 10.9. The number of rotatable bonds is 2. The zero-order valence-electron chi connectivity index (χ0n) is 15.5. The normalized spacial score (nSPS) is 19.0. The van der Waals surface area contributed by atoms with E-state index in [1.54, 1.807) is 13.2 Å². The molecule has 5 nitrogen and oxygen atoms in total. The van der Waals surface area contributed by atoms with Crippen LogP contribution in [-0.4, -0.2) is 49.6 Å². The van der Waals surface area contributed by atoms with E-state index < -0.39 is 0 Å². The van der Waals surface area contributed by atoms with Gasteiger partial charge < -0.3 is 41.2 Å². The number of quaternary nitrogens is 1. The Balaban J connectivity index is 0.00000196. The van der Waals surface area contributed by atoms with Gasteiger partial charge >= 0.3 is 0 Å². The van der Waals surface area contributed by atoms with Crippen LogP contribution in [-0.2, 0) is 12.8 Å². The second kappa shape index (κ2) is 6.35. The average Bonchev–Trinajstić information content (AvgIpc) is 2.59. The topological polar surface area (TPSA) is 58.9 Å². The van der Waals surface area contributed by atoms with Crippen LogP contribution in [0, 0.1) is 0 Å². The summed E-state index contributed by atoms with van der Waals surface area (Å²) in [6, 6.07) is 5.98. The molecule has 1 unspecified atom stereocenters. The molecule has 1 aliphatic heterocycles. The van der Waals surface area contributed by atoms with Crippen LogP contribution in [0.5, 0.6) is 23.0 Å². The van der Waals surface area contributed by atoms with Crippen molar-refractivity contribution in [2.75, 3.05) is 34.9 Å². The van der Waals surface area contributed by atoms with Crippen LogP contribution in [0.3, 0.4) is 0 Å². The quantitative estimate of drug-likeness (QED) is 0.670. The number of methoxy groups -OCH3 is 2. The number of hydrogen-bond donors (Lipinski definition) is 2. The van der Waals surface area contributed by atoms with Crippen LogP contribution in [0.25, 0.3) is 11.1 Å². The Morgan fingerprint density at radius 2 is 1.62 bits per heavy atom. The van der Waals surface area contributed by atoms with Crippen LogP contribution < -0.4 is 26.5 Å². The maximum Gasteiger partial charge on any atom is 0.166 e. The Hall–Kier alpha value is -1.92.